The Labute approximate surface area is 104 Å². The van der Waals surface area contributed by atoms with Gasteiger partial charge in [-0.05, 0) is 41.5 Å². The third kappa shape index (κ3) is 4.72. The predicted octanol–water partition coefficient (Wildman–Crippen LogP) is 1.57. The van der Waals surface area contributed by atoms with Crippen molar-refractivity contribution in [2.24, 2.45) is 0 Å². The van der Waals surface area contributed by atoms with E-state index in [1.54, 1.807) is 18.5 Å². The Bertz CT molecular complexity index is 344. The smallest absolute Gasteiger partial charge is 0.252 e. The number of hydrogen-bond acceptors (Lipinski definition) is 3. The fourth-order valence-corrected chi connectivity index (χ4v) is 1.60. The standard InChI is InChI=1S/C11H16BrN3O/c1-2-13-4-3-5-15-11(16)9-6-10(12)8-14-7-9/h6-8,13H,2-5H2,1H3,(H,15,16). The van der Waals surface area contributed by atoms with Crippen LogP contribution in [0.25, 0.3) is 0 Å². The van der Waals surface area contributed by atoms with Gasteiger partial charge in [-0.15, -0.1) is 0 Å². The van der Waals surface area contributed by atoms with E-state index in [1.807, 2.05) is 0 Å². The summed E-state index contributed by atoms with van der Waals surface area (Å²) in [6.45, 7) is 4.63. The lowest BCUT2D eigenvalue weighted by Crippen LogP contribution is -2.27. The molecule has 0 fully saturated rings. The Morgan fingerprint density at radius 1 is 1.44 bits per heavy atom. The first-order valence-corrected chi connectivity index (χ1v) is 6.12. The highest BCUT2D eigenvalue weighted by molar-refractivity contribution is 9.10. The first kappa shape index (κ1) is 13.1. The minimum Gasteiger partial charge on any atom is -0.352 e. The van der Waals surface area contributed by atoms with Gasteiger partial charge in [0.05, 0.1) is 5.56 Å². The third-order valence-corrected chi connectivity index (χ3v) is 2.47. The van der Waals surface area contributed by atoms with Crippen molar-refractivity contribution < 1.29 is 4.79 Å². The summed E-state index contributed by atoms with van der Waals surface area (Å²) in [7, 11) is 0. The average molecular weight is 286 g/mol. The van der Waals surface area contributed by atoms with Crippen LogP contribution < -0.4 is 10.6 Å². The highest BCUT2D eigenvalue weighted by Crippen LogP contribution is 2.09. The normalized spacial score (nSPS) is 10.1. The van der Waals surface area contributed by atoms with E-state index in [0.29, 0.717) is 12.1 Å². The van der Waals surface area contributed by atoms with Gasteiger partial charge in [0.2, 0.25) is 0 Å². The molecule has 1 aromatic heterocycles. The molecule has 1 amide bonds. The number of hydrogen-bond donors (Lipinski definition) is 2. The van der Waals surface area contributed by atoms with Crippen LogP contribution in [0, 0.1) is 0 Å². The number of aromatic nitrogens is 1. The van der Waals surface area contributed by atoms with Crippen LogP contribution in [0.4, 0.5) is 0 Å². The van der Waals surface area contributed by atoms with Gasteiger partial charge in [-0.25, -0.2) is 0 Å². The molecule has 0 aliphatic carbocycles. The second kappa shape index (κ2) is 7.35. The maximum absolute atomic E-state index is 11.6. The molecule has 2 N–H and O–H groups in total. The zero-order chi connectivity index (χ0) is 11.8. The molecule has 5 heteroatoms. The minimum absolute atomic E-state index is 0.0784. The molecule has 0 aromatic carbocycles. The largest absolute Gasteiger partial charge is 0.352 e. The number of amides is 1. The van der Waals surface area contributed by atoms with Crippen LogP contribution in [0.1, 0.15) is 23.7 Å². The number of carbonyl (C=O) groups is 1. The molecular formula is C11H16BrN3O. The number of nitrogens with zero attached hydrogens (tertiary/aromatic N) is 1. The van der Waals surface area contributed by atoms with Gasteiger partial charge >= 0.3 is 0 Å². The summed E-state index contributed by atoms with van der Waals surface area (Å²) in [5.41, 5.74) is 0.581. The Morgan fingerprint density at radius 3 is 2.94 bits per heavy atom. The maximum atomic E-state index is 11.6. The molecule has 0 unspecified atom stereocenters. The van der Waals surface area contributed by atoms with Crippen molar-refractivity contribution in [2.75, 3.05) is 19.6 Å². The van der Waals surface area contributed by atoms with Crippen molar-refractivity contribution in [3.63, 3.8) is 0 Å². The van der Waals surface area contributed by atoms with Crippen LogP contribution in [-0.4, -0.2) is 30.5 Å². The van der Waals surface area contributed by atoms with Gasteiger partial charge in [0.25, 0.3) is 5.91 Å². The fourth-order valence-electron chi connectivity index (χ4n) is 1.23. The zero-order valence-corrected chi connectivity index (χ0v) is 10.9. The second-order valence-electron chi connectivity index (χ2n) is 3.35. The van der Waals surface area contributed by atoms with E-state index in [4.69, 9.17) is 0 Å². The van der Waals surface area contributed by atoms with E-state index in [9.17, 15) is 4.79 Å². The molecule has 0 aliphatic rings. The summed E-state index contributed by atoms with van der Waals surface area (Å²) >= 11 is 3.28. The molecule has 1 aromatic rings. The van der Waals surface area contributed by atoms with Crippen LogP contribution >= 0.6 is 15.9 Å². The molecule has 0 atom stereocenters. The first-order valence-electron chi connectivity index (χ1n) is 5.33. The van der Waals surface area contributed by atoms with E-state index < -0.39 is 0 Å². The molecule has 0 spiro atoms. The molecule has 4 nitrogen and oxygen atoms in total. The number of pyridine rings is 1. The van der Waals surface area contributed by atoms with Crippen molar-refractivity contribution in [1.82, 2.24) is 15.6 Å². The third-order valence-electron chi connectivity index (χ3n) is 2.03. The summed E-state index contributed by atoms with van der Waals surface area (Å²) < 4.78 is 0.813. The van der Waals surface area contributed by atoms with Crippen molar-refractivity contribution in [1.29, 1.82) is 0 Å². The van der Waals surface area contributed by atoms with Gasteiger partial charge in [0.1, 0.15) is 0 Å². The van der Waals surface area contributed by atoms with E-state index in [-0.39, 0.29) is 5.91 Å². The van der Waals surface area contributed by atoms with Crippen molar-refractivity contribution in [2.45, 2.75) is 13.3 Å². The Morgan fingerprint density at radius 2 is 2.25 bits per heavy atom. The lowest BCUT2D eigenvalue weighted by atomic mass is 10.2. The Hall–Kier alpha value is -0.940. The summed E-state index contributed by atoms with van der Waals surface area (Å²) in [6, 6.07) is 1.76. The van der Waals surface area contributed by atoms with Crippen molar-refractivity contribution in [3.05, 3.63) is 28.5 Å². The van der Waals surface area contributed by atoms with Gasteiger partial charge in [0.15, 0.2) is 0 Å². The Balaban J connectivity index is 2.30. The molecule has 1 heterocycles. The number of halogens is 1. The number of rotatable bonds is 6. The molecule has 0 aliphatic heterocycles. The van der Waals surface area contributed by atoms with Gasteiger partial charge in [-0.2, -0.15) is 0 Å². The van der Waals surface area contributed by atoms with Crippen LogP contribution in [0.5, 0.6) is 0 Å². The van der Waals surface area contributed by atoms with Gasteiger partial charge in [0, 0.05) is 23.4 Å². The lowest BCUT2D eigenvalue weighted by Gasteiger charge is -2.05. The molecular weight excluding hydrogens is 270 g/mol. The molecule has 0 saturated heterocycles. The number of nitrogens with one attached hydrogen (secondary N) is 2. The van der Waals surface area contributed by atoms with E-state index in [2.05, 4.69) is 38.5 Å². The second-order valence-corrected chi connectivity index (χ2v) is 4.27. The van der Waals surface area contributed by atoms with Crippen molar-refractivity contribution in [3.8, 4) is 0 Å². The van der Waals surface area contributed by atoms with Gasteiger partial charge < -0.3 is 10.6 Å². The summed E-state index contributed by atoms with van der Waals surface area (Å²) in [4.78, 5) is 15.6. The lowest BCUT2D eigenvalue weighted by molar-refractivity contribution is 0.0953. The summed E-state index contributed by atoms with van der Waals surface area (Å²) in [5.74, 6) is -0.0784. The summed E-state index contributed by atoms with van der Waals surface area (Å²) in [5, 5.41) is 6.05. The SMILES string of the molecule is CCNCCCNC(=O)c1cncc(Br)c1. The molecule has 88 valence electrons. The molecule has 0 bridgehead atoms. The average Bonchev–Trinajstić information content (AvgIpc) is 2.28. The molecule has 0 saturated carbocycles. The zero-order valence-electron chi connectivity index (χ0n) is 9.29. The minimum atomic E-state index is -0.0784. The van der Waals surface area contributed by atoms with Crippen LogP contribution in [0.3, 0.4) is 0 Å². The quantitative estimate of drug-likeness (QED) is 0.781. The van der Waals surface area contributed by atoms with Gasteiger partial charge in [-0.1, -0.05) is 6.92 Å². The van der Waals surface area contributed by atoms with Crippen LogP contribution in [0.15, 0.2) is 22.9 Å². The fraction of sp³-hybridized carbons (Fsp3) is 0.455. The molecule has 1 rings (SSSR count). The first-order chi connectivity index (χ1) is 7.74. The highest BCUT2D eigenvalue weighted by Gasteiger charge is 2.04. The van der Waals surface area contributed by atoms with E-state index in [0.717, 1.165) is 24.0 Å². The van der Waals surface area contributed by atoms with Crippen LogP contribution in [-0.2, 0) is 0 Å². The van der Waals surface area contributed by atoms with E-state index in [1.165, 1.54) is 0 Å². The number of carbonyl (C=O) groups excluding carboxylic acids is 1. The topological polar surface area (TPSA) is 54.0 Å². The predicted molar refractivity (Wildman–Crippen MR) is 67.4 cm³/mol. The van der Waals surface area contributed by atoms with E-state index >= 15 is 0 Å². The molecule has 0 radical (unpaired) electrons. The maximum Gasteiger partial charge on any atom is 0.252 e. The van der Waals surface area contributed by atoms with Gasteiger partial charge in [-0.3, -0.25) is 9.78 Å². The Kier molecular flexibility index (Phi) is 6.03. The highest BCUT2D eigenvalue weighted by atomic mass is 79.9. The van der Waals surface area contributed by atoms with Crippen molar-refractivity contribution >= 4 is 21.8 Å². The summed E-state index contributed by atoms with van der Waals surface area (Å²) in [6.07, 6.45) is 4.15. The monoisotopic (exact) mass is 285 g/mol. The van der Waals surface area contributed by atoms with Crippen LogP contribution in [0.2, 0.25) is 0 Å². The molecule has 16 heavy (non-hydrogen) atoms.